The van der Waals surface area contributed by atoms with Crippen molar-refractivity contribution in [2.24, 2.45) is 0 Å². The molecule has 3 aromatic rings. The van der Waals surface area contributed by atoms with E-state index in [-0.39, 0.29) is 26.3 Å². The van der Waals surface area contributed by atoms with Crippen molar-refractivity contribution in [2.45, 2.75) is 11.8 Å². The molecule has 3 aromatic carbocycles. The zero-order chi connectivity index (χ0) is 22.1. The fraction of sp³-hybridized carbons (Fsp3) is 0.0435. The monoisotopic (exact) mass is 488 g/mol. The minimum atomic E-state index is -0.524. The van der Waals surface area contributed by atoms with Gasteiger partial charge in [0.2, 0.25) is 0 Å². The van der Waals surface area contributed by atoms with E-state index in [9.17, 15) is 9.59 Å². The number of carbonyl (C=O) groups is 2. The molecule has 1 N–H and O–H groups in total. The van der Waals surface area contributed by atoms with Crippen LogP contribution in [0.2, 0.25) is 15.1 Å². The van der Waals surface area contributed by atoms with Crippen molar-refractivity contribution >= 4 is 69.8 Å². The first-order valence-electron chi connectivity index (χ1n) is 9.20. The lowest BCUT2D eigenvalue weighted by molar-refractivity contribution is -0.120. The average molecular weight is 490 g/mol. The zero-order valence-corrected chi connectivity index (χ0v) is 19.2. The predicted molar refractivity (Wildman–Crippen MR) is 128 cm³/mol. The van der Waals surface area contributed by atoms with Crippen LogP contribution in [-0.2, 0) is 9.59 Å². The van der Waals surface area contributed by atoms with E-state index >= 15 is 0 Å². The first-order chi connectivity index (χ1) is 14.9. The molecule has 4 rings (SSSR count). The van der Waals surface area contributed by atoms with Gasteiger partial charge in [-0.15, -0.1) is 0 Å². The highest BCUT2D eigenvalue weighted by atomic mass is 35.5. The second kappa shape index (κ2) is 8.97. The highest BCUT2D eigenvalue weighted by molar-refractivity contribution is 8.04. The highest BCUT2D eigenvalue weighted by Gasteiger charge is 2.41. The molecule has 0 bridgehead atoms. The Hall–Kier alpha value is -2.44. The Morgan fingerprint density at radius 3 is 2.29 bits per heavy atom. The summed E-state index contributed by atoms with van der Waals surface area (Å²) in [7, 11) is 0. The van der Waals surface area contributed by atoms with Crippen LogP contribution in [0.1, 0.15) is 5.56 Å². The molecule has 0 saturated heterocycles. The Labute approximate surface area is 198 Å². The van der Waals surface area contributed by atoms with Gasteiger partial charge in [-0.05, 0) is 48.9 Å². The third-order valence-electron chi connectivity index (χ3n) is 4.62. The Morgan fingerprint density at radius 1 is 0.839 bits per heavy atom. The van der Waals surface area contributed by atoms with Gasteiger partial charge in [-0.25, -0.2) is 4.90 Å². The van der Waals surface area contributed by atoms with E-state index in [1.165, 1.54) is 11.8 Å². The highest BCUT2D eigenvalue weighted by Crippen LogP contribution is 2.41. The fourth-order valence-electron chi connectivity index (χ4n) is 3.02. The molecule has 1 aliphatic rings. The summed E-state index contributed by atoms with van der Waals surface area (Å²) in [5, 5.41) is 4.02. The van der Waals surface area contributed by atoms with Crippen LogP contribution in [0.4, 0.5) is 11.4 Å². The van der Waals surface area contributed by atoms with Crippen molar-refractivity contribution in [1.82, 2.24) is 0 Å². The summed E-state index contributed by atoms with van der Waals surface area (Å²) in [6.45, 7) is 1.88. The van der Waals surface area contributed by atoms with Gasteiger partial charge in [-0.1, -0.05) is 76.9 Å². The number of thioether (sulfide) groups is 1. The number of aryl methyl sites for hydroxylation is 1. The zero-order valence-electron chi connectivity index (χ0n) is 16.2. The van der Waals surface area contributed by atoms with Crippen molar-refractivity contribution in [2.75, 3.05) is 10.2 Å². The SMILES string of the molecule is Cc1ccc(NC2=C(Sc3ccccc3)C(=O)N(c3cccc(Cl)c3Cl)C2=O)cc1Cl. The van der Waals surface area contributed by atoms with Gasteiger partial charge in [0.1, 0.15) is 10.6 Å². The van der Waals surface area contributed by atoms with Crippen LogP contribution >= 0.6 is 46.6 Å². The van der Waals surface area contributed by atoms with Crippen LogP contribution in [0.25, 0.3) is 0 Å². The lowest BCUT2D eigenvalue weighted by Crippen LogP contribution is -2.32. The van der Waals surface area contributed by atoms with Crippen molar-refractivity contribution in [3.8, 4) is 0 Å². The van der Waals surface area contributed by atoms with E-state index in [1.807, 2.05) is 43.3 Å². The number of nitrogens with zero attached hydrogens (tertiary/aromatic N) is 1. The van der Waals surface area contributed by atoms with Crippen molar-refractivity contribution < 1.29 is 9.59 Å². The number of amides is 2. The van der Waals surface area contributed by atoms with Gasteiger partial charge in [0, 0.05) is 15.6 Å². The molecule has 31 heavy (non-hydrogen) atoms. The van der Waals surface area contributed by atoms with Gasteiger partial charge < -0.3 is 5.32 Å². The number of hydrogen-bond donors (Lipinski definition) is 1. The van der Waals surface area contributed by atoms with Crippen LogP contribution in [0.5, 0.6) is 0 Å². The smallest absolute Gasteiger partial charge is 0.283 e. The van der Waals surface area contributed by atoms with Gasteiger partial charge in [-0.3, -0.25) is 9.59 Å². The molecule has 0 aromatic heterocycles. The largest absolute Gasteiger partial charge is 0.350 e. The van der Waals surface area contributed by atoms with Crippen molar-refractivity contribution in [3.63, 3.8) is 0 Å². The summed E-state index contributed by atoms with van der Waals surface area (Å²) >= 11 is 19.9. The summed E-state index contributed by atoms with van der Waals surface area (Å²) in [6.07, 6.45) is 0. The molecule has 1 heterocycles. The fourth-order valence-corrected chi connectivity index (χ4v) is 4.53. The summed E-state index contributed by atoms with van der Waals surface area (Å²) < 4.78 is 0. The summed E-state index contributed by atoms with van der Waals surface area (Å²) in [5.74, 6) is -1.01. The van der Waals surface area contributed by atoms with Gasteiger partial charge in [0.05, 0.1) is 15.7 Å². The van der Waals surface area contributed by atoms with Crippen molar-refractivity contribution in [3.05, 3.63) is 98.0 Å². The lowest BCUT2D eigenvalue weighted by Gasteiger charge is -2.17. The Balaban J connectivity index is 1.78. The van der Waals surface area contributed by atoms with Crippen LogP contribution in [0.3, 0.4) is 0 Å². The van der Waals surface area contributed by atoms with E-state index in [4.69, 9.17) is 34.8 Å². The normalized spacial score (nSPS) is 13.9. The molecular weight excluding hydrogens is 475 g/mol. The van der Waals surface area contributed by atoms with Crippen LogP contribution in [0.15, 0.2) is 82.2 Å². The van der Waals surface area contributed by atoms with Gasteiger partial charge in [-0.2, -0.15) is 0 Å². The van der Waals surface area contributed by atoms with E-state index in [1.54, 1.807) is 30.3 Å². The topological polar surface area (TPSA) is 49.4 Å². The van der Waals surface area contributed by atoms with Gasteiger partial charge in [0.15, 0.2) is 0 Å². The molecule has 4 nitrogen and oxygen atoms in total. The molecule has 0 spiro atoms. The number of nitrogens with one attached hydrogen (secondary N) is 1. The average Bonchev–Trinajstić information content (AvgIpc) is 2.97. The van der Waals surface area contributed by atoms with E-state index in [0.717, 1.165) is 15.4 Å². The molecule has 0 radical (unpaired) electrons. The molecule has 0 atom stereocenters. The van der Waals surface area contributed by atoms with E-state index in [2.05, 4.69) is 5.32 Å². The third-order valence-corrected chi connectivity index (χ3v) is 6.92. The standard InChI is InChI=1S/C23H15Cl3N2O2S/c1-13-10-11-14(12-17(13)25)27-20-21(31-15-6-3-2-4-7-15)23(30)28(22(20)29)18-9-5-8-16(24)19(18)26/h2-12,27H,1H3. The molecule has 156 valence electrons. The van der Waals surface area contributed by atoms with E-state index < -0.39 is 11.8 Å². The Kier molecular flexibility index (Phi) is 6.30. The summed E-state index contributed by atoms with van der Waals surface area (Å²) in [4.78, 5) is 28.8. The summed E-state index contributed by atoms with van der Waals surface area (Å²) in [6, 6.07) is 19.5. The first kappa shape index (κ1) is 21.8. The summed E-state index contributed by atoms with van der Waals surface area (Å²) in [5.41, 5.74) is 1.88. The minimum absolute atomic E-state index is 0.134. The van der Waals surface area contributed by atoms with Crippen LogP contribution < -0.4 is 10.2 Å². The number of imide groups is 1. The number of carbonyl (C=O) groups excluding carboxylic acids is 2. The first-order valence-corrected chi connectivity index (χ1v) is 11.1. The molecule has 0 saturated carbocycles. The quantitative estimate of drug-likeness (QED) is 0.394. The maximum Gasteiger partial charge on any atom is 0.283 e. The predicted octanol–water partition coefficient (Wildman–Crippen LogP) is 6.94. The minimum Gasteiger partial charge on any atom is -0.350 e. The third kappa shape index (κ3) is 4.32. The van der Waals surface area contributed by atoms with Crippen LogP contribution in [0, 0.1) is 6.92 Å². The van der Waals surface area contributed by atoms with Gasteiger partial charge in [0.25, 0.3) is 11.8 Å². The van der Waals surface area contributed by atoms with Crippen LogP contribution in [-0.4, -0.2) is 11.8 Å². The number of benzene rings is 3. The molecule has 0 fully saturated rings. The van der Waals surface area contributed by atoms with E-state index in [0.29, 0.717) is 10.7 Å². The maximum atomic E-state index is 13.4. The number of anilines is 2. The number of halogens is 3. The second-order valence-corrected chi connectivity index (χ2v) is 9.00. The lowest BCUT2D eigenvalue weighted by atomic mass is 10.2. The van der Waals surface area contributed by atoms with Crippen molar-refractivity contribution in [1.29, 1.82) is 0 Å². The molecular formula is C23H15Cl3N2O2S. The molecule has 0 unspecified atom stereocenters. The number of rotatable bonds is 5. The number of hydrogen-bond acceptors (Lipinski definition) is 4. The Morgan fingerprint density at radius 2 is 1.58 bits per heavy atom. The Bertz CT molecular complexity index is 1230. The maximum absolute atomic E-state index is 13.4. The molecule has 1 aliphatic heterocycles. The molecule has 2 amide bonds. The second-order valence-electron chi connectivity index (χ2n) is 6.73. The van der Waals surface area contributed by atoms with Gasteiger partial charge >= 0.3 is 0 Å². The molecule has 0 aliphatic carbocycles. The molecule has 8 heteroatoms.